The van der Waals surface area contributed by atoms with E-state index in [2.05, 4.69) is 46.8 Å². The van der Waals surface area contributed by atoms with Crippen LogP contribution in [-0.2, 0) is 26.3 Å². The highest BCUT2D eigenvalue weighted by Gasteiger charge is 2.54. The smallest absolute Gasteiger partial charge is 0.352 e. The third-order valence-electron chi connectivity index (χ3n) is 9.23. The molecule has 51 heavy (non-hydrogen) atoms. The van der Waals surface area contributed by atoms with E-state index in [-0.39, 0.29) is 5.70 Å². The van der Waals surface area contributed by atoms with Gasteiger partial charge in [-0.05, 0) is 33.6 Å². The summed E-state index contributed by atoms with van der Waals surface area (Å²) in [7, 11) is 0. The second-order valence-electron chi connectivity index (χ2n) is 12.3. The van der Waals surface area contributed by atoms with E-state index >= 15 is 0 Å². The first-order chi connectivity index (χ1) is 24.9. The molecule has 0 bridgehead atoms. The molecule has 1 saturated heterocycles. The molecule has 258 valence electrons. The number of fused-ring (bicyclic) bond motifs is 1. The zero-order valence-corrected chi connectivity index (χ0v) is 29.2. The highest BCUT2D eigenvalue weighted by molar-refractivity contribution is 8.01. The van der Waals surface area contributed by atoms with Gasteiger partial charge in [-0.1, -0.05) is 127 Å². The number of carbonyl (C=O) groups excluding carboxylic acids is 2. The molecule has 2 aliphatic rings. The van der Waals surface area contributed by atoms with Crippen molar-refractivity contribution in [3.05, 3.63) is 167 Å². The molecule has 12 heteroatoms. The minimum Gasteiger partial charge on any atom is -0.477 e. The van der Waals surface area contributed by atoms with Crippen LogP contribution in [0.1, 0.15) is 34.0 Å². The van der Waals surface area contributed by atoms with Gasteiger partial charge >= 0.3 is 5.97 Å². The van der Waals surface area contributed by atoms with Crippen LogP contribution in [0.25, 0.3) is 0 Å². The Balaban J connectivity index is 1.04. The molecule has 1 fully saturated rings. The second-order valence-corrected chi connectivity index (χ2v) is 14.5. The molecule has 7 rings (SSSR count). The summed E-state index contributed by atoms with van der Waals surface area (Å²) in [4.78, 5) is 39.8. The summed E-state index contributed by atoms with van der Waals surface area (Å²) in [5, 5.41) is 21.7. The minimum atomic E-state index is -1.16. The fourth-order valence-corrected chi connectivity index (χ4v) is 9.19. The van der Waals surface area contributed by atoms with Gasteiger partial charge in [0.25, 0.3) is 5.91 Å². The molecule has 1 aromatic heterocycles. The van der Waals surface area contributed by atoms with E-state index in [9.17, 15) is 19.5 Å². The average molecular weight is 717 g/mol. The summed E-state index contributed by atoms with van der Waals surface area (Å²) >= 11 is 3.03. The third kappa shape index (κ3) is 6.58. The lowest BCUT2D eigenvalue weighted by Crippen LogP contribution is -2.71. The van der Waals surface area contributed by atoms with Crippen LogP contribution in [0.3, 0.4) is 0 Å². The molecule has 2 aliphatic heterocycles. The molecular formula is C39H36N6O4S2. The van der Waals surface area contributed by atoms with Gasteiger partial charge in [-0.3, -0.25) is 14.5 Å². The summed E-state index contributed by atoms with van der Waals surface area (Å²) in [6.45, 7) is 0. The van der Waals surface area contributed by atoms with Crippen LogP contribution in [0.5, 0.6) is 0 Å². The van der Waals surface area contributed by atoms with Gasteiger partial charge in [0, 0.05) is 17.9 Å². The van der Waals surface area contributed by atoms with Crippen LogP contribution in [0.2, 0.25) is 0 Å². The van der Waals surface area contributed by atoms with Gasteiger partial charge in [-0.25, -0.2) is 9.48 Å². The number of benzene rings is 4. The lowest BCUT2D eigenvalue weighted by atomic mass is 9.77. The van der Waals surface area contributed by atoms with Gasteiger partial charge in [-0.15, -0.1) is 16.9 Å². The normalized spacial score (nSPS) is 17.7. The predicted octanol–water partition coefficient (Wildman–Crippen LogP) is 4.83. The van der Waals surface area contributed by atoms with Crippen molar-refractivity contribution in [1.82, 2.24) is 25.2 Å². The first-order valence-electron chi connectivity index (χ1n) is 16.6. The number of nitrogens with one attached hydrogen (secondary N) is 1. The SMILES string of the molecule is N[C@@H](C(=O)N[C@@H]1C(=O)N2C(C(=O)O)=C(CSCCc3cn(C(c4ccccc4)(c4ccccc4)c4ccccc4)nn3)CS[C@H]12)c1ccccc1. The van der Waals surface area contributed by atoms with Crippen molar-refractivity contribution in [2.75, 3.05) is 17.3 Å². The largest absolute Gasteiger partial charge is 0.477 e. The molecule has 0 radical (unpaired) electrons. The first-order valence-corrected chi connectivity index (χ1v) is 18.8. The number of aromatic nitrogens is 3. The van der Waals surface area contributed by atoms with Crippen molar-refractivity contribution in [3.8, 4) is 0 Å². The van der Waals surface area contributed by atoms with Crippen LogP contribution >= 0.6 is 23.5 Å². The summed E-state index contributed by atoms with van der Waals surface area (Å²) in [5.74, 6) is -0.538. The summed E-state index contributed by atoms with van der Waals surface area (Å²) in [6, 6.07) is 38.0. The number of nitrogens with two attached hydrogens (primary N) is 1. The van der Waals surface area contributed by atoms with Gasteiger partial charge < -0.3 is 16.2 Å². The van der Waals surface area contributed by atoms with Crippen LogP contribution < -0.4 is 11.1 Å². The maximum Gasteiger partial charge on any atom is 0.352 e. The van der Waals surface area contributed by atoms with E-state index in [0.29, 0.717) is 34.8 Å². The number of β-lactam (4-membered cyclic amide) rings is 1. The van der Waals surface area contributed by atoms with Gasteiger partial charge in [0.05, 0.1) is 11.9 Å². The Morgan fingerprint density at radius 3 is 2.00 bits per heavy atom. The molecule has 4 aromatic carbocycles. The third-order valence-corrected chi connectivity index (χ3v) is 11.6. The predicted molar refractivity (Wildman–Crippen MR) is 199 cm³/mol. The number of aliphatic carboxylic acids is 1. The number of thioether (sulfide) groups is 2. The molecule has 3 atom stereocenters. The van der Waals surface area contributed by atoms with Gasteiger partial charge in [0.15, 0.2) is 0 Å². The van der Waals surface area contributed by atoms with Crippen molar-refractivity contribution in [2.24, 2.45) is 5.73 Å². The van der Waals surface area contributed by atoms with E-state index in [0.717, 1.165) is 22.4 Å². The Morgan fingerprint density at radius 2 is 1.45 bits per heavy atom. The molecular weight excluding hydrogens is 681 g/mol. The van der Waals surface area contributed by atoms with Crippen LogP contribution in [0.4, 0.5) is 0 Å². The first kappa shape index (κ1) is 34.3. The van der Waals surface area contributed by atoms with Crippen LogP contribution in [0, 0.1) is 0 Å². The number of aryl methyl sites for hydroxylation is 1. The fraction of sp³-hybridized carbons (Fsp3) is 0.205. The molecule has 0 unspecified atom stereocenters. The molecule has 10 nitrogen and oxygen atoms in total. The Labute approximate surface area is 304 Å². The van der Waals surface area contributed by atoms with E-state index in [1.807, 2.05) is 71.5 Å². The number of nitrogens with zero attached hydrogens (tertiary/aromatic N) is 4. The van der Waals surface area contributed by atoms with Gasteiger partial charge in [0.2, 0.25) is 5.91 Å². The van der Waals surface area contributed by atoms with E-state index in [1.54, 1.807) is 36.0 Å². The summed E-state index contributed by atoms with van der Waals surface area (Å²) in [6.07, 6.45) is 2.61. The molecule has 0 saturated carbocycles. The second kappa shape index (κ2) is 15.0. The van der Waals surface area contributed by atoms with Crippen molar-refractivity contribution >= 4 is 41.3 Å². The summed E-state index contributed by atoms with van der Waals surface area (Å²) < 4.78 is 1.94. The highest BCUT2D eigenvalue weighted by Crippen LogP contribution is 2.42. The quantitative estimate of drug-likeness (QED) is 0.0887. The Hall–Kier alpha value is -5.17. The maximum atomic E-state index is 13.2. The van der Waals surface area contributed by atoms with E-state index in [1.165, 1.54) is 16.7 Å². The van der Waals surface area contributed by atoms with Crippen LogP contribution in [0.15, 0.2) is 139 Å². The molecule has 0 aliphatic carbocycles. The number of rotatable bonds is 13. The van der Waals surface area contributed by atoms with Crippen molar-refractivity contribution in [2.45, 2.75) is 29.4 Å². The maximum absolute atomic E-state index is 13.2. The van der Waals surface area contributed by atoms with Gasteiger partial charge in [-0.2, -0.15) is 11.8 Å². The number of hydrogen-bond acceptors (Lipinski definition) is 8. The Kier molecular flexibility index (Phi) is 10.1. The lowest BCUT2D eigenvalue weighted by Gasteiger charge is -2.49. The highest BCUT2D eigenvalue weighted by atomic mass is 32.2. The number of carboxylic acids is 1. The topological polar surface area (TPSA) is 143 Å². The van der Waals surface area contributed by atoms with Crippen molar-refractivity contribution < 1.29 is 19.5 Å². The Bertz CT molecular complexity index is 1950. The standard InChI is InChI=1S/C39H36N6O4S2/c40-32(26-13-5-1-6-14-26)35(46)41-33-36(47)45-34(38(48)49)27(25-51-37(33)45)24-50-22-21-31-23-44(43-42-31)39(28-15-7-2-8-16-28,29-17-9-3-10-18-29)30-19-11-4-12-20-30/h1-20,23,32-33,37H,21-22,24-25,40H2,(H,41,46)(H,48,49)/t32-,33-,37-/m1/s1. The van der Waals surface area contributed by atoms with Gasteiger partial charge in [0.1, 0.15) is 28.7 Å². The number of carbonyl (C=O) groups is 3. The molecule has 5 aromatic rings. The zero-order valence-electron chi connectivity index (χ0n) is 27.5. The molecule has 4 N–H and O–H groups in total. The fourth-order valence-electron chi connectivity index (χ4n) is 6.73. The van der Waals surface area contributed by atoms with Crippen LogP contribution in [-0.4, -0.2) is 71.5 Å². The van der Waals surface area contributed by atoms with Crippen molar-refractivity contribution in [1.29, 1.82) is 0 Å². The number of hydrogen-bond donors (Lipinski definition) is 3. The van der Waals surface area contributed by atoms with Crippen molar-refractivity contribution in [3.63, 3.8) is 0 Å². The zero-order chi connectivity index (χ0) is 35.4. The van der Waals surface area contributed by atoms with E-state index in [4.69, 9.17) is 10.9 Å². The summed E-state index contributed by atoms with van der Waals surface area (Å²) in [5.41, 5.74) is 10.6. The molecule has 3 heterocycles. The monoisotopic (exact) mass is 716 g/mol. The molecule has 0 spiro atoms. The lowest BCUT2D eigenvalue weighted by molar-refractivity contribution is -0.150. The molecule has 2 amide bonds. The average Bonchev–Trinajstić information content (AvgIpc) is 3.65. The number of amides is 2. The van der Waals surface area contributed by atoms with E-state index < -0.39 is 40.8 Å². The Morgan fingerprint density at radius 1 is 0.902 bits per heavy atom. The minimum absolute atomic E-state index is 0.00146. The number of carboxylic acid groups (broad SMARTS) is 1.